The molecule has 2 amide bonds. The monoisotopic (exact) mass is 671 g/mol. The second-order valence-corrected chi connectivity index (χ2v) is 13.5. The number of rotatable bonds is 12. The van der Waals surface area contributed by atoms with Gasteiger partial charge in [-0.15, -0.1) is 0 Å². The zero-order valence-electron chi connectivity index (χ0n) is 24.9. The minimum Gasteiger partial charge on any atom is -0.493 e. The third-order valence-electron chi connectivity index (χ3n) is 7.68. The average Bonchev–Trinajstić information content (AvgIpc) is 3.52. The summed E-state index contributed by atoms with van der Waals surface area (Å²) in [6, 6.07) is 17.8. The van der Waals surface area contributed by atoms with Crippen molar-refractivity contribution in [3.05, 3.63) is 82.3 Å². The molecule has 0 aromatic heterocycles. The van der Waals surface area contributed by atoms with Gasteiger partial charge in [-0.25, -0.2) is 8.42 Å². The van der Waals surface area contributed by atoms with E-state index in [-0.39, 0.29) is 29.1 Å². The molecule has 0 unspecified atom stereocenters. The van der Waals surface area contributed by atoms with Gasteiger partial charge in [-0.3, -0.25) is 13.9 Å². The van der Waals surface area contributed by atoms with Gasteiger partial charge < -0.3 is 19.7 Å². The minimum absolute atomic E-state index is 0.0344. The molecule has 0 spiro atoms. The molecule has 1 fully saturated rings. The number of amides is 2. The van der Waals surface area contributed by atoms with Crippen molar-refractivity contribution in [2.45, 2.75) is 63.1 Å². The number of sulfonamides is 1. The smallest absolute Gasteiger partial charge is 0.264 e. The summed E-state index contributed by atoms with van der Waals surface area (Å²) in [6.07, 6.45) is 3.91. The number of aryl methyl sites for hydroxylation is 1. The van der Waals surface area contributed by atoms with Gasteiger partial charge in [0.15, 0.2) is 11.5 Å². The first kappa shape index (κ1) is 32.3. The lowest BCUT2D eigenvalue weighted by molar-refractivity contribution is -0.139. The van der Waals surface area contributed by atoms with Crippen LogP contribution in [0.1, 0.15) is 43.7 Å². The number of nitrogens with zero attached hydrogens (tertiary/aromatic N) is 2. The maximum Gasteiger partial charge on any atom is 0.264 e. The zero-order valence-corrected chi connectivity index (χ0v) is 27.3. The summed E-state index contributed by atoms with van der Waals surface area (Å²) in [5.74, 6) is -0.0641. The summed E-state index contributed by atoms with van der Waals surface area (Å²) in [5, 5.41) is 3.08. The number of anilines is 1. The van der Waals surface area contributed by atoms with Crippen LogP contribution < -0.4 is 19.1 Å². The Morgan fingerprint density at radius 1 is 0.953 bits per heavy atom. The molecular formula is C32H38BrN3O6S. The molecule has 1 atom stereocenters. The van der Waals surface area contributed by atoms with E-state index < -0.39 is 28.5 Å². The normalized spacial score (nSPS) is 14.2. The molecule has 1 aliphatic rings. The average molecular weight is 673 g/mol. The summed E-state index contributed by atoms with van der Waals surface area (Å²) in [5.41, 5.74) is 1.92. The van der Waals surface area contributed by atoms with Gasteiger partial charge in [-0.05, 0) is 68.7 Å². The molecule has 0 heterocycles. The summed E-state index contributed by atoms with van der Waals surface area (Å²) in [6.45, 7) is 3.12. The number of ether oxygens (including phenoxy) is 2. The Labute approximate surface area is 262 Å². The maximum absolute atomic E-state index is 14.2. The van der Waals surface area contributed by atoms with Crippen LogP contribution in [0.2, 0.25) is 0 Å². The minimum atomic E-state index is -4.20. The predicted octanol–water partition coefficient (Wildman–Crippen LogP) is 5.45. The van der Waals surface area contributed by atoms with Crippen molar-refractivity contribution in [1.29, 1.82) is 0 Å². The van der Waals surface area contributed by atoms with Crippen LogP contribution >= 0.6 is 15.9 Å². The molecule has 4 rings (SSSR count). The highest BCUT2D eigenvalue weighted by Crippen LogP contribution is 2.34. The predicted molar refractivity (Wildman–Crippen MR) is 170 cm³/mol. The van der Waals surface area contributed by atoms with E-state index in [0.717, 1.165) is 45.6 Å². The van der Waals surface area contributed by atoms with Crippen LogP contribution in [-0.4, -0.2) is 58.0 Å². The van der Waals surface area contributed by atoms with E-state index in [1.54, 1.807) is 31.2 Å². The first-order valence-electron chi connectivity index (χ1n) is 14.2. The molecule has 11 heteroatoms. The molecule has 230 valence electrons. The Kier molecular flexibility index (Phi) is 10.7. The summed E-state index contributed by atoms with van der Waals surface area (Å²) in [4.78, 5) is 29.0. The highest BCUT2D eigenvalue weighted by atomic mass is 79.9. The lowest BCUT2D eigenvalue weighted by Crippen LogP contribution is -2.52. The molecule has 9 nitrogen and oxygen atoms in total. The van der Waals surface area contributed by atoms with Crippen LogP contribution in [-0.2, 0) is 26.2 Å². The molecule has 1 aliphatic carbocycles. The fourth-order valence-electron chi connectivity index (χ4n) is 5.11. The number of hydrogen-bond acceptors (Lipinski definition) is 6. The van der Waals surface area contributed by atoms with Crippen LogP contribution in [0.15, 0.2) is 76.1 Å². The molecule has 0 aliphatic heterocycles. The van der Waals surface area contributed by atoms with Gasteiger partial charge in [-0.2, -0.15) is 0 Å². The summed E-state index contributed by atoms with van der Waals surface area (Å²) >= 11 is 3.43. The quantitative estimate of drug-likeness (QED) is 0.275. The number of carbonyl (C=O) groups excluding carboxylic acids is 2. The Morgan fingerprint density at radius 2 is 1.58 bits per heavy atom. The van der Waals surface area contributed by atoms with Gasteiger partial charge in [0.25, 0.3) is 10.0 Å². The molecule has 3 aromatic carbocycles. The lowest BCUT2D eigenvalue weighted by atomic mass is 10.1. The van der Waals surface area contributed by atoms with E-state index in [1.807, 2.05) is 31.2 Å². The molecule has 3 aromatic rings. The highest BCUT2D eigenvalue weighted by molar-refractivity contribution is 9.10. The molecule has 0 bridgehead atoms. The van der Waals surface area contributed by atoms with E-state index >= 15 is 0 Å². The second kappa shape index (κ2) is 14.3. The third-order valence-corrected chi connectivity index (χ3v) is 9.99. The van der Waals surface area contributed by atoms with Crippen molar-refractivity contribution in [1.82, 2.24) is 10.2 Å². The number of methoxy groups -OCH3 is 2. The van der Waals surface area contributed by atoms with Crippen LogP contribution in [0.4, 0.5) is 5.69 Å². The standard InChI is InChI=1S/C32H38BrN3O6S/c1-22-9-16-28(17-10-22)43(39,40)36(27-15-18-29(41-3)30(19-27)42-4)21-31(37)35(20-24-11-13-25(33)14-12-24)23(2)32(38)34-26-7-5-6-8-26/h9-19,23,26H,5-8,20-21H2,1-4H3,(H,34,38)/t23-/m1/s1. The molecule has 0 radical (unpaired) electrons. The van der Waals surface area contributed by atoms with Crippen LogP contribution in [0.5, 0.6) is 11.5 Å². The van der Waals surface area contributed by atoms with Crippen molar-refractivity contribution in [2.24, 2.45) is 0 Å². The van der Waals surface area contributed by atoms with E-state index in [4.69, 9.17) is 9.47 Å². The van der Waals surface area contributed by atoms with Crippen molar-refractivity contribution in [3.63, 3.8) is 0 Å². The van der Waals surface area contributed by atoms with Crippen LogP contribution in [0.3, 0.4) is 0 Å². The van der Waals surface area contributed by atoms with Crippen LogP contribution in [0.25, 0.3) is 0 Å². The Bertz CT molecular complexity index is 1520. The van der Waals surface area contributed by atoms with E-state index in [9.17, 15) is 18.0 Å². The van der Waals surface area contributed by atoms with E-state index in [2.05, 4.69) is 21.2 Å². The number of benzene rings is 3. The number of halogens is 1. The molecule has 43 heavy (non-hydrogen) atoms. The first-order valence-corrected chi connectivity index (χ1v) is 16.4. The molecule has 0 saturated heterocycles. The zero-order chi connectivity index (χ0) is 31.1. The van der Waals surface area contributed by atoms with Gasteiger partial charge in [0.2, 0.25) is 11.8 Å². The summed E-state index contributed by atoms with van der Waals surface area (Å²) < 4.78 is 40.9. The molecular weight excluding hydrogens is 634 g/mol. The fourth-order valence-corrected chi connectivity index (χ4v) is 6.78. The number of hydrogen-bond donors (Lipinski definition) is 1. The summed E-state index contributed by atoms with van der Waals surface area (Å²) in [7, 11) is -1.26. The van der Waals surface area contributed by atoms with Crippen molar-refractivity contribution >= 4 is 43.5 Å². The Morgan fingerprint density at radius 3 is 2.19 bits per heavy atom. The van der Waals surface area contributed by atoms with Gasteiger partial charge >= 0.3 is 0 Å². The van der Waals surface area contributed by atoms with Gasteiger partial charge in [0, 0.05) is 23.1 Å². The lowest BCUT2D eigenvalue weighted by Gasteiger charge is -2.32. The Balaban J connectivity index is 1.72. The van der Waals surface area contributed by atoms with Crippen molar-refractivity contribution < 1.29 is 27.5 Å². The van der Waals surface area contributed by atoms with Crippen LogP contribution in [0, 0.1) is 6.92 Å². The topological polar surface area (TPSA) is 105 Å². The third kappa shape index (κ3) is 7.88. The van der Waals surface area contributed by atoms with Crippen molar-refractivity contribution in [3.8, 4) is 11.5 Å². The largest absolute Gasteiger partial charge is 0.493 e. The second-order valence-electron chi connectivity index (χ2n) is 10.7. The van der Waals surface area contributed by atoms with Gasteiger partial charge in [0.1, 0.15) is 12.6 Å². The highest BCUT2D eigenvalue weighted by Gasteiger charge is 2.33. The number of carbonyl (C=O) groups is 2. The maximum atomic E-state index is 14.2. The molecule has 1 N–H and O–H groups in total. The Hall–Kier alpha value is -3.57. The fraction of sp³-hybridized carbons (Fsp3) is 0.375. The van der Waals surface area contributed by atoms with Gasteiger partial charge in [0.05, 0.1) is 24.8 Å². The first-order chi connectivity index (χ1) is 20.5. The van der Waals surface area contributed by atoms with E-state index in [0.29, 0.717) is 11.5 Å². The SMILES string of the molecule is COc1ccc(N(CC(=O)N(Cc2ccc(Br)cc2)[C@H](C)C(=O)NC2CCCC2)S(=O)(=O)c2ccc(C)cc2)cc1OC. The van der Waals surface area contributed by atoms with Gasteiger partial charge in [-0.1, -0.05) is 58.6 Å². The molecule has 1 saturated carbocycles. The number of nitrogens with one attached hydrogen (secondary N) is 1. The van der Waals surface area contributed by atoms with E-state index in [1.165, 1.54) is 37.3 Å². The van der Waals surface area contributed by atoms with Crippen molar-refractivity contribution in [2.75, 3.05) is 25.1 Å².